The van der Waals surface area contributed by atoms with Crippen LogP contribution in [0.3, 0.4) is 0 Å². The van der Waals surface area contributed by atoms with Crippen molar-refractivity contribution in [2.45, 2.75) is 205 Å². The molecule has 0 unspecified atom stereocenters. The molecule has 8 rings (SSSR count). The summed E-state index contributed by atoms with van der Waals surface area (Å²) in [7, 11) is 0. The van der Waals surface area contributed by atoms with E-state index in [9.17, 15) is 0 Å². The highest BCUT2D eigenvalue weighted by Crippen LogP contribution is 2.41. The van der Waals surface area contributed by atoms with Crippen molar-refractivity contribution in [2.24, 2.45) is 11.8 Å². The Morgan fingerprint density at radius 1 is 0.475 bits per heavy atom. The van der Waals surface area contributed by atoms with Crippen LogP contribution in [0.5, 0.6) is 11.5 Å². The van der Waals surface area contributed by atoms with E-state index < -0.39 is 0 Å². The van der Waals surface area contributed by atoms with Gasteiger partial charge in [0.15, 0.2) is 23.1 Å². The van der Waals surface area contributed by atoms with E-state index in [4.69, 9.17) is 34.1 Å². The molecule has 2 aliphatic heterocycles. The zero-order valence-electron chi connectivity index (χ0n) is 38.0. The molecule has 4 heterocycles. The second-order valence-corrected chi connectivity index (χ2v) is 19.2. The number of rotatable bonds is 22. The summed E-state index contributed by atoms with van der Waals surface area (Å²) in [5.74, 6) is 5.88. The highest BCUT2D eigenvalue weighted by Gasteiger charge is 2.40. The average Bonchev–Trinajstić information content (AvgIpc) is 4.23. The van der Waals surface area contributed by atoms with Crippen molar-refractivity contribution >= 4 is 0 Å². The van der Waals surface area contributed by atoms with Gasteiger partial charge >= 0.3 is 0 Å². The van der Waals surface area contributed by atoms with Crippen LogP contribution in [0.15, 0.2) is 60.9 Å². The number of hydrogen-bond acceptors (Lipinski definition) is 7. The van der Waals surface area contributed by atoms with Gasteiger partial charge < -0.3 is 14.2 Å². The molecule has 4 atom stereocenters. The SMILES string of the molecule is CCCCC[C@H]1CC[C@H](c2ccc(-c3ncc(Oc4cnc(-c5ccc([C@H]6CC[C@H](CCCCC)CC6)cc5)nc4C[C@@H]4O[C@@H]4CCC)c(C[C@@H]4O[C@@H]4CCC)n3)cc2)CC1. The van der Waals surface area contributed by atoms with E-state index in [2.05, 4.69) is 76.2 Å². The summed E-state index contributed by atoms with van der Waals surface area (Å²) < 4.78 is 19.0. The number of unbranched alkanes of at least 4 members (excludes halogenated alkanes) is 4. The van der Waals surface area contributed by atoms with E-state index in [-0.39, 0.29) is 24.4 Å². The van der Waals surface area contributed by atoms with Gasteiger partial charge in [-0.3, -0.25) is 0 Å². The van der Waals surface area contributed by atoms with Gasteiger partial charge in [0.1, 0.15) is 0 Å². The molecule has 0 bridgehead atoms. The predicted octanol–water partition coefficient (Wildman–Crippen LogP) is 14.3. The predicted molar refractivity (Wildman–Crippen MR) is 247 cm³/mol. The van der Waals surface area contributed by atoms with Gasteiger partial charge in [-0.15, -0.1) is 0 Å². The summed E-state index contributed by atoms with van der Waals surface area (Å²) in [5, 5.41) is 0. The number of hydrogen-bond donors (Lipinski definition) is 0. The number of benzene rings is 2. The lowest BCUT2D eigenvalue weighted by Gasteiger charge is -2.29. The fourth-order valence-corrected chi connectivity index (χ4v) is 10.6. The largest absolute Gasteiger partial charge is 0.450 e. The van der Waals surface area contributed by atoms with Gasteiger partial charge in [-0.1, -0.05) is 140 Å². The lowest BCUT2D eigenvalue weighted by Crippen LogP contribution is -2.13. The molecule has 4 aliphatic rings. The van der Waals surface area contributed by atoms with E-state index in [1.54, 1.807) is 0 Å². The van der Waals surface area contributed by atoms with Crippen LogP contribution in [0.25, 0.3) is 22.8 Å². The first-order valence-corrected chi connectivity index (χ1v) is 24.9. The minimum atomic E-state index is 0.140. The third kappa shape index (κ3) is 11.9. The lowest BCUT2D eigenvalue weighted by molar-refractivity contribution is 0.303. The van der Waals surface area contributed by atoms with Gasteiger partial charge in [-0.05, 0) is 99.0 Å². The standard InChI is InChI=1S/C54H74N4O3/c1-5-9-11-15-37-17-21-39(22-18-37)41-25-29-43(30-26-41)53-55-35-51(45(57-53)33-49-47(59-49)13-7-3)61-52-36-56-54(58-46(52)34-50-48(60-50)14-8-4)44-31-27-42(28-32-44)40-23-19-38(20-24-40)16-12-10-6-2/h25-32,35-40,47-50H,5-24,33-34H2,1-4H3/t37-,38-,39-,40-,47-,48-,49+,50+/m1/s1. The normalized spacial score (nSPS) is 26.0. The Morgan fingerprint density at radius 3 is 1.26 bits per heavy atom. The van der Waals surface area contributed by atoms with Crippen molar-refractivity contribution in [1.82, 2.24) is 19.9 Å². The molecule has 2 saturated heterocycles. The second-order valence-electron chi connectivity index (χ2n) is 19.2. The summed E-state index contributed by atoms with van der Waals surface area (Å²) in [5.41, 5.74) is 6.71. The van der Waals surface area contributed by atoms with Crippen LogP contribution < -0.4 is 4.74 Å². The van der Waals surface area contributed by atoms with Gasteiger partial charge in [0.2, 0.25) is 0 Å². The summed E-state index contributed by atoms with van der Waals surface area (Å²) in [6.45, 7) is 9.04. The molecular weight excluding hydrogens is 753 g/mol. The molecule has 0 radical (unpaired) electrons. The molecule has 61 heavy (non-hydrogen) atoms. The van der Waals surface area contributed by atoms with Crippen molar-refractivity contribution in [1.29, 1.82) is 0 Å². The maximum Gasteiger partial charge on any atom is 0.167 e. The fraction of sp³-hybridized carbons (Fsp3) is 0.630. The van der Waals surface area contributed by atoms with Crippen LogP contribution >= 0.6 is 0 Å². The Labute approximate surface area is 367 Å². The molecule has 2 aromatic carbocycles. The van der Waals surface area contributed by atoms with Crippen LogP contribution in [-0.4, -0.2) is 44.4 Å². The molecule has 0 amide bonds. The molecular formula is C54H74N4O3. The Kier molecular flexibility index (Phi) is 15.6. The van der Waals surface area contributed by atoms with E-state index in [1.807, 2.05) is 12.4 Å². The minimum absolute atomic E-state index is 0.140. The van der Waals surface area contributed by atoms with Crippen LogP contribution in [0.2, 0.25) is 0 Å². The monoisotopic (exact) mass is 827 g/mol. The zero-order chi connectivity index (χ0) is 42.0. The van der Waals surface area contributed by atoms with Crippen molar-refractivity contribution in [3.63, 3.8) is 0 Å². The van der Waals surface area contributed by atoms with Crippen molar-refractivity contribution < 1.29 is 14.2 Å². The molecule has 4 fully saturated rings. The third-order valence-electron chi connectivity index (χ3n) is 14.6. The van der Waals surface area contributed by atoms with E-state index >= 15 is 0 Å². The molecule has 2 saturated carbocycles. The third-order valence-corrected chi connectivity index (χ3v) is 14.6. The Hall–Kier alpha value is -3.68. The zero-order valence-corrected chi connectivity index (χ0v) is 38.0. The molecule has 2 aromatic heterocycles. The summed E-state index contributed by atoms with van der Waals surface area (Å²) in [4.78, 5) is 20.2. The van der Waals surface area contributed by atoms with Crippen LogP contribution in [0.4, 0.5) is 0 Å². The smallest absolute Gasteiger partial charge is 0.167 e. The molecule has 7 nitrogen and oxygen atoms in total. The molecule has 0 N–H and O–H groups in total. The Bertz CT molecular complexity index is 1810. The fourth-order valence-electron chi connectivity index (χ4n) is 10.6. The first-order chi connectivity index (χ1) is 30.0. The Balaban J connectivity index is 0.983. The molecule has 0 spiro atoms. The van der Waals surface area contributed by atoms with Gasteiger partial charge in [0.25, 0.3) is 0 Å². The average molecular weight is 827 g/mol. The van der Waals surface area contributed by atoms with Crippen molar-refractivity contribution in [2.75, 3.05) is 0 Å². The number of epoxide rings is 2. The Morgan fingerprint density at radius 2 is 0.885 bits per heavy atom. The van der Waals surface area contributed by atoms with Gasteiger partial charge in [-0.2, -0.15) is 0 Å². The molecule has 328 valence electrons. The topological polar surface area (TPSA) is 85.9 Å². The van der Waals surface area contributed by atoms with E-state index in [0.717, 1.165) is 71.7 Å². The lowest BCUT2D eigenvalue weighted by atomic mass is 9.77. The maximum absolute atomic E-state index is 6.78. The minimum Gasteiger partial charge on any atom is -0.450 e. The molecule has 2 aliphatic carbocycles. The van der Waals surface area contributed by atoms with E-state index in [0.29, 0.717) is 36.2 Å². The van der Waals surface area contributed by atoms with E-state index in [1.165, 1.54) is 114 Å². The quantitative estimate of drug-likeness (QED) is 0.0576. The number of nitrogens with zero attached hydrogens (tertiary/aromatic N) is 4. The van der Waals surface area contributed by atoms with Crippen LogP contribution in [-0.2, 0) is 22.3 Å². The molecule has 4 aromatic rings. The first-order valence-electron chi connectivity index (χ1n) is 24.9. The van der Waals surface area contributed by atoms with Gasteiger partial charge in [-0.25, -0.2) is 19.9 Å². The van der Waals surface area contributed by atoms with Gasteiger partial charge in [0, 0.05) is 24.0 Å². The summed E-state index contributed by atoms with van der Waals surface area (Å²) in [6.07, 6.45) is 31.8. The highest BCUT2D eigenvalue weighted by atomic mass is 16.6. The maximum atomic E-state index is 6.78. The molecule has 7 heteroatoms. The second kappa shape index (κ2) is 21.6. The van der Waals surface area contributed by atoms with Crippen LogP contribution in [0.1, 0.15) is 190 Å². The number of ether oxygens (including phenoxy) is 3. The summed E-state index contributed by atoms with van der Waals surface area (Å²) in [6, 6.07) is 18.1. The van der Waals surface area contributed by atoms with Crippen LogP contribution in [0, 0.1) is 11.8 Å². The van der Waals surface area contributed by atoms with Gasteiger partial charge in [0.05, 0.1) is 48.2 Å². The summed E-state index contributed by atoms with van der Waals surface area (Å²) >= 11 is 0. The van der Waals surface area contributed by atoms with Crippen molar-refractivity contribution in [3.05, 3.63) is 83.4 Å². The first kappa shape index (κ1) is 43.9. The van der Waals surface area contributed by atoms with Crippen molar-refractivity contribution in [3.8, 4) is 34.3 Å². The number of aromatic nitrogens is 4. The highest BCUT2D eigenvalue weighted by molar-refractivity contribution is 5.58.